The molecule has 2 aromatic carbocycles. The zero-order valence-electron chi connectivity index (χ0n) is 14.1. The van der Waals surface area contributed by atoms with E-state index in [1.54, 1.807) is 0 Å². The van der Waals surface area contributed by atoms with Crippen molar-refractivity contribution in [2.24, 2.45) is 17.6 Å². The largest absolute Gasteiger partial charge is 0.457 e. The standard InChI is InChI=1S/C21H27NO2/c22-14-21(17-11-9-16(15-23)10-12-17)18-5-4-8-20(13-18)24-19-6-2-1-3-7-19/h1-8,13,16-17,21,23H,9-12,14-15,22H2. The second-order valence-electron chi connectivity index (χ2n) is 6.79. The van der Waals surface area contributed by atoms with E-state index in [1.807, 2.05) is 36.4 Å². The molecular weight excluding hydrogens is 298 g/mol. The molecule has 1 aliphatic rings. The summed E-state index contributed by atoms with van der Waals surface area (Å²) in [5, 5.41) is 9.33. The number of aliphatic hydroxyl groups excluding tert-OH is 1. The molecule has 1 saturated carbocycles. The fraction of sp³-hybridized carbons (Fsp3) is 0.429. The predicted octanol–water partition coefficient (Wildman–Crippen LogP) is 4.32. The highest BCUT2D eigenvalue weighted by Crippen LogP contribution is 2.38. The van der Waals surface area contributed by atoms with Crippen molar-refractivity contribution in [3.05, 3.63) is 60.2 Å². The smallest absolute Gasteiger partial charge is 0.127 e. The summed E-state index contributed by atoms with van der Waals surface area (Å²) in [5.41, 5.74) is 7.38. The van der Waals surface area contributed by atoms with E-state index in [1.165, 1.54) is 5.56 Å². The van der Waals surface area contributed by atoms with Gasteiger partial charge in [-0.1, -0.05) is 30.3 Å². The molecule has 2 aromatic rings. The fourth-order valence-electron chi connectivity index (χ4n) is 3.81. The van der Waals surface area contributed by atoms with Crippen LogP contribution in [0.5, 0.6) is 11.5 Å². The van der Waals surface area contributed by atoms with Crippen molar-refractivity contribution in [3.63, 3.8) is 0 Å². The first-order valence-corrected chi connectivity index (χ1v) is 8.94. The Morgan fingerprint density at radius 1 is 0.958 bits per heavy atom. The van der Waals surface area contributed by atoms with Gasteiger partial charge >= 0.3 is 0 Å². The lowest BCUT2D eigenvalue weighted by Gasteiger charge is -2.33. The third-order valence-corrected chi connectivity index (χ3v) is 5.24. The van der Waals surface area contributed by atoms with Gasteiger partial charge in [-0.3, -0.25) is 0 Å². The number of ether oxygens (including phenoxy) is 1. The van der Waals surface area contributed by atoms with Crippen molar-refractivity contribution in [1.29, 1.82) is 0 Å². The number of benzene rings is 2. The Morgan fingerprint density at radius 3 is 2.33 bits per heavy atom. The van der Waals surface area contributed by atoms with Crippen LogP contribution in [0.3, 0.4) is 0 Å². The zero-order valence-corrected chi connectivity index (χ0v) is 14.1. The van der Waals surface area contributed by atoms with Crippen LogP contribution >= 0.6 is 0 Å². The molecule has 3 rings (SSSR count). The third-order valence-electron chi connectivity index (χ3n) is 5.24. The topological polar surface area (TPSA) is 55.5 Å². The lowest BCUT2D eigenvalue weighted by atomic mass is 9.73. The van der Waals surface area contributed by atoms with Crippen LogP contribution in [0.4, 0.5) is 0 Å². The summed E-state index contributed by atoms with van der Waals surface area (Å²) in [6.45, 7) is 0.976. The Hall–Kier alpha value is -1.84. The van der Waals surface area contributed by atoms with Crippen LogP contribution in [-0.4, -0.2) is 18.3 Å². The Balaban J connectivity index is 1.71. The fourth-order valence-corrected chi connectivity index (χ4v) is 3.81. The van der Waals surface area contributed by atoms with Crippen LogP contribution in [0, 0.1) is 11.8 Å². The van der Waals surface area contributed by atoms with Crippen molar-refractivity contribution in [2.45, 2.75) is 31.6 Å². The van der Waals surface area contributed by atoms with Gasteiger partial charge in [0.1, 0.15) is 11.5 Å². The van der Waals surface area contributed by atoms with E-state index in [9.17, 15) is 5.11 Å². The van der Waals surface area contributed by atoms with E-state index in [0.29, 0.717) is 30.9 Å². The van der Waals surface area contributed by atoms with Gasteiger partial charge in [-0.05, 0) is 79.8 Å². The number of nitrogens with two attached hydrogens (primary N) is 1. The molecule has 1 aliphatic carbocycles. The highest BCUT2D eigenvalue weighted by atomic mass is 16.5. The third kappa shape index (κ3) is 4.16. The molecule has 1 unspecified atom stereocenters. The maximum absolute atomic E-state index is 9.33. The summed E-state index contributed by atoms with van der Waals surface area (Å²) in [4.78, 5) is 0. The van der Waals surface area contributed by atoms with Crippen molar-refractivity contribution in [3.8, 4) is 11.5 Å². The Kier molecular flexibility index (Phi) is 5.89. The molecule has 0 aliphatic heterocycles. The number of hydrogen-bond acceptors (Lipinski definition) is 3. The van der Waals surface area contributed by atoms with Crippen LogP contribution in [0.15, 0.2) is 54.6 Å². The predicted molar refractivity (Wildman–Crippen MR) is 97.3 cm³/mol. The van der Waals surface area contributed by atoms with Gasteiger partial charge in [0.15, 0.2) is 0 Å². The van der Waals surface area contributed by atoms with Gasteiger partial charge in [-0.15, -0.1) is 0 Å². The molecule has 1 fully saturated rings. The molecule has 0 heterocycles. The molecule has 0 amide bonds. The highest BCUT2D eigenvalue weighted by Gasteiger charge is 2.27. The lowest BCUT2D eigenvalue weighted by Crippen LogP contribution is -2.26. The second-order valence-corrected chi connectivity index (χ2v) is 6.79. The maximum Gasteiger partial charge on any atom is 0.127 e. The molecule has 0 radical (unpaired) electrons. The molecule has 0 spiro atoms. The second kappa shape index (κ2) is 8.32. The molecule has 0 aromatic heterocycles. The quantitative estimate of drug-likeness (QED) is 0.831. The molecule has 128 valence electrons. The van der Waals surface area contributed by atoms with Gasteiger partial charge in [0.05, 0.1) is 0 Å². The first-order valence-electron chi connectivity index (χ1n) is 8.94. The normalized spacial score (nSPS) is 22.1. The molecule has 3 N–H and O–H groups in total. The summed E-state index contributed by atoms with van der Waals surface area (Å²) in [6, 6.07) is 18.2. The minimum atomic E-state index is 0.320. The summed E-state index contributed by atoms with van der Waals surface area (Å²) < 4.78 is 5.96. The number of para-hydroxylation sites is 1. The van der Waals surface area contributed by atoms with Gasteiger partial charge in [-0.25, -0.2) is 0 Å². The number of rotatable bonds is 6. The van der Waals surface area contributed by atoms with Crippen molar-refractivity contribution >= 4 is 0 Å². The minimum absolute atomic E-state index is 0.320. The molecule has 3 nitrogen and oxygen atoms in total. The highest BCUT2D eigenvalue weighted by molar-refractivity contribution is 5.35. The van der Waals surface area contributed by atoms with Crippen LogP contribution in [0.2, 0.25) is 0 Å². The summed E-state index contributed by atoms with van der Waals surface area (Å²) >= 11 is 0. The Morgan fingerprint density at radius 2 is 1.67 bits per heavy atom. The van der Waals surface area contributed by atoms with E-state index >= 15 is 0 Å². The molecule has 1 atom stereocenters. The van der Waals surface area contributed by atoms with Crippen molar-refractivity contribution in [2.75, 3.05) is 13.2 Å². The average Bonchev–Trinajstić information content (AvgIpc) is 2.64. The van der Waals surface area contributed by atoms with Gasteiger partial charge in [0.2, 0.25) is 0 Å². The molecule has 0 bridgehead atoms. The maximum atomic E-state index is 9.33. The van der Waals surface area contributed by atoms with Gasteiger partial charge in [0.25, 0.3) is 0 Å². The summed E-state index contributed by atoms with van der Waals surface area (Å²) in [5.74, 6) is 3.16. The van der Waals surface area contributed by atoms with Gasteiger partial charge in [-0.2, -0.15) is 0 Å². The SMILES string of the molecule is NCC(c1cccc(Oc2ccccc2)c1)C1CCC(CO)CC1. The molecular formula is C21H27NO2. The van der Waals surface area contributed by atoms with Crippen molar-refractivity contribution in [1.82, 2.24) is 0 Å². The van der Waals surface area contributed by atoms with E-state index < -0.39 is 0 Å². The first-order chi connectivity index (χ1) is 11.8. The molecule has 24 heavy (non-hydrogen) atoms. The summed E-state index contributed by atoms with van der Waals surface area (Å²) in [6.07, 6.45) is 4.52. The van der Waals surface area contributed by atoms with Crippen LogP contribution in [0.1, 0.15) is 37.2 Å². The van der Waals surface area contributed by atoms with Crippen molar-refractivity contribution < 1.29 is 9.84 Å². The minimum Gasteiger partial charge on any atom is -0.457 e. The van der Waals surface area contributed by atoms with Crippen LogP contribution in [0.25, 0.3) is 0 Å². The average molecular weight is 325 g/mol. The Labute approximate surface area is 144 Å². The number of hydrogen-bond donors (Lipinski definition) is 2. The Bertz CT molecular complexity index is 621. The summed E-state index contributed by atoms with van der Waals surface area (Å²) in [7, 11) is 0. The lowest BCUT2D eigenvalue weighted by molar-refractivity contribution is 0.158. The van der Waals surface area contributed by atoms with E-state index in [0.717, 1.165) is 37.2 Å². The van der Waals surface area contributed by atoms with E-state index in [-0.39, 0.29) is 0 Å². The van der Waals surface area contributed by atoms with Gasteiger partial charge < -0.3 is 15.6 Å². The van der Waals surface area contributed by atoms with Gasteiger partial charge in [0, 0.05) is 6.61 Å². The molecule has 3 heteroatoms. The zero-order chi connectivity index (χ0) is 16.8. The van der Waals surface area contributed by atoms with Crippen LogP contribution in [-0.2, 0) is 0 Å². The molecule has 0 saturated heterocycles. The van der Waals surface area contributed by atoms with E-state index in [2.05, 4.69) is 18.2 Å². The number of aliphatic hydroxyl groups is 1. The monoisotopic (exact) mass is 325 g/mol. The van der Waals surface area contributed by atoms with E-state index in [4.69, 9.17) is 10.5 Å². The first kappa shape index (κ1) is 17.0. The van der Waals surface area contributed by atoms with Crippen LogP contribution < -0.4 is 10.5 Å².